The fourth-order valence-electron chi connectivity index (χ4n) is 8.02. The van der Waals surface area contributed by atoms with Gasteiger partial charge in [0.2, 0.25) is 0 Å². The van der Waals surface area contributed by atoms with E-state index < -0.39 is 0 Å². The lowest BCUT2D eigenvalue weighted by molar-refractivity contribution is -0.0517. The van der Waals surface area contributed by atoms with E-state index in [9.17, 15) is 5.11 Å². The molecule has 0 spiro atoms. The summed E-state index contributed by atoms with van der Waals surface area (Å²) in [6, 6.07) is 0. The second-order valence-electron chi connectivity index (χ2n) is 10.7. The Morgan fingerprint density at radius 1 is 1.11 bits per heavy atom. The normalized spacial score (nSPS) is 47.5. The van der Waals surface area contributed by atoms with Gasteiger partial charge in [-0.1, -0.05) is 38.0 Å². The van der Waals surface area contributed by atoms with Crippen LogP contribution in [0.15, 0.2) is 40.2 Å². The van der Waals surface area contributed by atoms with E-state index in [0.29, 0.717) is 11.3 Å². The summed E-state index contributed by atoms with van der Waals surface area (Å²) in [5.74, 6) is 2.88. The lowest BCUT2D eigenvalue weighted by atomic mass is 9.46. The van der Waals surface area contributed by atoms with Crippen LogP contribution in [0.2, 0.25) is 0 Å². The predicted molar refractivity (Wildman–Crippen MR) is 115 cm³/mol. The number of allylic oxidation sites excluding steroid dienone is 3. The van der Waals surface area contributed by atoms with Crippen LogP contribution in [0.25, 0.3) is 0 Å². The molecule has 0 aromatic rings. The third-order valence-corrected chi connectivity index (χ3v) is 9.26. The summed E-state index contributed by atoms with van der Waals surface area (Å²) in [6.07, 6.45) is 15.5. The third-order valence-electron chi connectivity index (χ3n) is 9.26. The van der Waals surface area contributed by atoms with Gasteiger partial charge in [-0.05, 0) is 80.6 Å². The first-order chi connectivity index (χ1) is 13.3. The molecule has 5 aliphatic rings. The SMILES string of the molecule is CC1=C(N2C=NC=CC2)[C@@]2(C)CC[C@H]3[C@@H]([C@@H](C)C=C4C[C@@H](O)CC[C@@]43C)[C@@H]2C1. The summed E-state index contributed by atoms with van der Waals surface area (Å²) in [5.41, 5.74) is 5.30. The molecule has 1 aliphatic heterocycles. The molecule has 0 radical (unpaired) electrons. The van der Waals surface area contributed by atoms with Crippen molar-refractivity contribution < 1.29 is 5.11 Å². The highest BCUT2D eigenvalue weighted by Gasteiger charge is 2.59. The Morgan fingerprint density at radius 3 is 2.64 bits per heavy atom. The van der Waals surface area contributed by atoms with Crippen molar-refractivity contribution in [3.63, 3.8) is 0 Å². The molecule has 1 N–H and O–H groups in total. The Labute approximate surface area is 170 Å². The number of fused-ring (bicyclic) bond motifs is 5. The number of aliphatic hydroxyl groups is 1. The highest BCUT2D eigenvalue weighted by Crippen LogP contribution is 2.67. The summed E-state index contributed by atoms with van der Waals surface area (Å²) in [7, 11) is 0. The Balaban J connectivity index is 1.51. The second-order valence-corrected chi connectivity index (χ2v) is 10.7. The molecule has 0 saturated heterocycles. The van der Waals surface area contributed by atoms with Gasteiger partial charge in [-0.15, -0.1) is 0 Å². The molecule has 7 atom stereocenters. The molecule has 0 unspecified atom stereocenters. The first kappa shape index (κ1) is 18.7. The summed E-state index contributed by atoms with van der Waals surface area (Å²) in [4.78, 5) is 6.85. The Kier molecular flexibility index (Phi) is 4.21. The van der Waals surface area contributed by atoms with E-state index in [1.807, 2.05) is 12.5 Å². The molecule has 0 aromatic carbocycles. The summed E-state index contributed by atoms with van der Waals surface area (Å²) in [5, 5.41) is 10.3. The van der Waals surface area contributed by atoms with Crippen LogP contribution in [0.4, 0.5) is 0 Å². The van der Waals surface area contributed by atoms with Crippen LogP contribution in [0.5, 0.6) is 0 Å². The predicted octanol–water partition coefficient (Wildman–Crippen LogP) is 5.30. The van der Waals surface area contributed by atoms with E-state index in [1.165, 1.54) is 25.7 Å². The van der Waals surface area contributed by atoms with E-state index in [1.54, 1.807) is 16.8 Å². The molecule has 0 bridgehead atoms. The topological polar surface area (TPSA) is 35.8 Å². The van der Waals surface area contributed by atoms with E-state index in [4.69, 9.17) is 0 Å². The average Bonchev–Trinajstić information content (AvgIpc) is 2.94. The van der Waals surface area contributed by atoms with Crippen molar-refractivity contribution in [1.82, 2.24) is 4.90 Å². The van der Waals surface area contributed by atoms with Gasteiger partial charge in [0.1, 0.15) is 0 Å². The van der Waals surface area contributed by atoms with Gasteiger partial charge in [-0.2, -0.15) is 0 Å². The largest absolute Gasteiger partial charge is 0.393 e. The van der Waals surface area contributed by atoms with Gasteiger partial charge in [-0.3, -0.25) is 0 Å². The van der Waals surface area contributed by atoms with Crippen molar-refractivity contribution in [2.75, 3.05) is 6.54 Å². The van der Waals surface area contributed by atoms with Gasteiger partial charge < -0.3 is 10.0 Å². The van der Waals surface area contributed by atoms with Crippen LogP contribution in [0.3, 0.4) is 0 Å². The summed E-state index contributed by atoms with van der Waals surface area (Å²) >= 11 is 0. The maximum Gasteiger partial charge on any atom is 0.0949 e. The minimum atomic E-state index is -0.120. The zero-order valence-corrected chi connectivity index (χ0v) is 18.0. The van der Waals surface area contributed by atoms with E-state index >= 15 is 0 Å². The zero-order chi connectivity index (χ0) is 19.7. The fourth-order valence-corrected chi connectivity index (χ4v) is 8.02. The number of nitrogens with zero attached hydrogens (tertiary/aromatic N) is 2. The van der Waals surface area contributed by atoms with Gasteiger partial charge in [0.25, 0.3) is 0 Å². The van der Waals surface area contributed by atoms with E-state index in [0.717, 1.165) is 37.1 Å². The van der Waals surface area contributed by atoms with Crippen molar-refractivity contribution in [3.8, 4) is 0 Å². The van der Waals surface area contributed by atoms with Crippen LogP contribution in [0.1, 0.15) is 66.2 Å². The van der Waals surface area contributed by atoms with Gasteiger partial charge in [0.15, 0.2) is 0 Å². The first-order valence-corrected chi connectivity index (χ1v) is 11.4. The van der Waals surface area contributed by atoms with Crippen molar-refractivity contribution in [2.45, 2.75) is 72.3 Å². The summed E-state index contributed by atoms with van der Waals surface area (Å²) < 4.78 is 0. The lowest BCUT2D eigenvalue weighted by Gasteiger charge is -2.59. The van der Waals surface area contributed by atoms with Crippen molar-refractivity contribution >= 4 is 6.34 Å². The number of aliphatic hydroxyl groups excluding tert-OH is 1. The van der Waals surface area contributed by atoms with Gasteiger partial charge in [-0.25, -0.2) is 4.99 Å². The molecule has 3 heteroatoms. The molecule has 3 nitrogen and oxygen atoms in total. The smallest absolute Gasteiger partial charge is 0.0949 e. The molecule has 2 saturated carbocycles. The molecule has 152 valence electrons. The number of rotatable bonds is 1. The number of hydrogen-bond donors (Lipinski definition) is 1. The Morgan fingerprint density at radius 2 is 1.89 bits per heavy atom. The van der Waals surface area contributed by atoms with Crippen LogP contribution >= 0.6 is 0 Å². The van der Waals surface area contributed by atoms with Gasteiger partial charge in [0, 0.05) is 23.9 Å². The molecule has 5 rings (SSSR count). The van der Waals surface area contributed by atoms with Crippen molar-refractivity contribution in [3.05, 3.63) is 35.2 Å². The number of hydrogen-bond acceptors (Lipinski definition) is 3. The molecular formula is C25H36N2O. The monoisotopic (exact) mass is 380 g/mol. The maximum absolute atomic E-state index is 10.3. The molecular weight excluding hydrogens is 344 g/mol. The molecule has 1 heterocycles. The summed E-state index contributed by atoms with van der Waals surface area (Å²) in [6.45, 7) is 10.9. The fraction of sp³-hybridized carbons (Fsp3) is 0.720. The maximum atomic E-state index is 10.3. The third kappa shape index (κ3) is 2.47. The van der Waals surface area contributed by atoms with E-state index in [2.05, 4.69) is 49.7 Å². The first-order valence-electron chi connectivity index (χ1n) is 11.4. The zero-order valence-electron chi connectivity index (χ0n) is 18.0. The van der Waals surface area contributed by atoms with Gasteiger partial charge >= 0.3 is 0 Å². The highest BCUT2D eigenvalue weighted by molar-refractivity contribution is 5.62. The molecule has 0 amide bonds. The quantitative estimate of drug-likeness (QED) is 0.627. The van der Waals surface area contributed by atoms with Crippen LogP contribution < -0.4 is 0 Å². The van der Waals surface area contributed by atoms with Crippen LogP contribution in [-0.2, 0) is 0 Å². The van der Waals surface area contributed by atoms with Crippen molar-refractivity contribution in [1.29, 1.82) is 0 Å². The van der Waals surface area contributed by atoms with Crippen LogP contribution in [0, 0.1) is 34.5 Å². The Bertz CT molecular complexity index is 792. The Hall–Kier alpha value is -1.35. The van der Waals surface area contributed by atoms with Crippen LogP contribution in [-0.4, -0.2) is 29.0 Å². The molecule has 0 aromatic heterocycles. The minimum absolute atomic E-state index is 0.120. The van der Waals surface area contributed by atoms with Crippen molar-refractivity contribution in [2.24, 2.45) is 39.5 Å². The standard InChI is InChI=1S/C25H36N2O/c1-16-12-18-14-19(28)6-8-24(18,3)20-7-9-25(4)21(22(16)20)13-17(2)23(25)27-11-5-10-26-15-27/h5,10,12,15-16,19-22,28H,6-9,11,13-14H2,1-4H3/t16-,19-,20-,21-,22+,24-,25-/m0/s1. The highest BCUT2D eigenvalue weighted by atomic mass is 16.3. The molecule has 4 aliphatic carbocycles. The average molecular weight is 381 g/mol. The molecule has 2 fully saturated rings. The van der Waals surface area contributed by atoms with Gasteiger partial charge in [0.05, 0.1) is 12.4 Å². The molecule has 28 heavy (non-hydrogen) atoms. The minimum Gasteiger partial charge on any atom is -0.393 e. The number of aliphatic imine (C=N–C) groups is 1. The second kappa shape index (κ2) is 6.32. The van der Waals surface area contributed by atoms with E-state index in [-0.39, 0.29) is 11.5 Å². The lowest BCUT2D eigenvalue weighted by Crippen LogP contribution is -2.53.